The van der Waals surface area contributed by atoms with Gasteiger partial charge in [-0.05, 0) is 32.2 Å². The van der Waals surface area contributed by atoms with Crippen molar-refractivity contribution in [3.8, 4) is 0 Å². The molecule has 0 radical (unpaired) electrons. The van der Waals surface area contributed by atoms with Crippen LogP contribution in [-0.2, 0) is 9.53 Å². The highest BCUT2D eigenvalue weighted by Crippen LogP contribution is 2.24. The van der Waals surface area contributed by atoms with E-state index in [9.17, 15) is 4.79 Å². The molecule has 0 spiro atoms. The molecule has 0 saturated carbocycles. The monoisotopic (exact) mass is 258 g/mol. The molecule has 1 heterocycles. The topological polar surface area (TPSA) is 70.6 Å². The summed E-state index contributed by atoms with van der Waals surface area (Å²) < 4.78 is 5.15. The van der Waals surface area contributed by atoms with Crippen molar-refractivity contribution in [1.29, 1.82) is 0 Å². The molecule has 3 N–H and O–H groups in total. The summed E-state index contributed by atoms with van der Waals surface area (Å²) in [5, 5.41) is 14.9. The van der Waals surface area contributed by atoms with E-state index in [4.69, 9.17) is 9.84 Å². The number of amides is 1. The van der Waals surface area contributed by atoms with E-state index < -0.39 is 0 Å². The number of hydrogen-bond donors (Lipinski definition) is 3. The quantitative estimate of drug-likeness (QED) is 0.524. The lowest BCUT2D eigenvalue weighted by Gasteiger charge is -2.27. The van der Waals surface area contributed by atoms with E-state index in [1.807, 2.05) is 0 Å². The van der Waals surface area contributed by atoms with Gasteiger partial charge in [0.05, 0.1) is 18.8 Å². The summed E-state index contributed by atoms with van der Waals surface area (Å²) in [6, 6.07) is 0. The number of aliphatic hydroxyl groups excluding tert-OH is 1. The Bertz CT molecular complexity index is 240. The Balaban J connectivity index is 2.21. The number of rotatable bonds is 9. The maximum atomic E-state index is 12.2. The first-order chi connectivity index (χ1) is 8.75. The maximum absolute atomic E-state index is 12.2. The fourth-order valence-corrected chi connectivity index (χ4v) is 2.47. The molecule has 1 atom stereocenters. The largest absolute Gasteiger partial charge is 0.394 e. The molecule has 0 aromatic carbocycles. The minimum absolute atomic E-state index is 0.0515. The van der Waals surface area contributed by atoms with Gasteiger partial charge in [-0.3, -0.25) is 4.79 Å². The molecule has 1 aliphatic heterocycles. The van der Waals surface area contributed by atoms with Crippen LogP contribution in [0.25, 0.3) is 0 Å². The van der Waals surface area contributed by atoms with Crippen molar-refractivity contribution in [3.05, 3.63) is 0 Å². The van der Waals surface area contributed by atoms with Gasteiger partial charge in [0, 0.05) is 13.2 Å². The van der Waals surface area contributed by atoms with Gasteiger partial charge in [0.1, 0.15) is 0 Å². The molecule has 5 nitrogen and oxygen atoms in total. The molecule has 106 valence electrons. The second-order valence-corrected chi connectivity index (χ2v) is 4.81. The molecule has 1 unspecified atom stereocenters. The molecule has 18 heavy (non-hydrogen) atoms. The zero-order valence-corrected chi connectivity index (χ0v) is 11.3. The molecule has 1 fully saturated rings. The van der Waals surface area contributed by atoms with Gasteiger partial charge in [0.15, 0.2) is 0 Å². The van der Waals surface area contributed by atoms with Crippen molar-refractivity contribution in [2.45, 2.75) is 44.6 Å². The first-order valence-electron chi connectivity index (χ1n) is 6.97. The smallest absolute Gasteiger partial charge is 0.240 e. The van der Waals surface area contributed by atoms with E-state index in [1.54, 1.807) is 0 Å². The van der Waals surface area contributed by atoms with Gasteiger partial charge in [0.2, 0.25) is 5.91 Å². The van der Waals surface area contributed by atoms with Crippen molar-refractivity contribution in [1.82, 2.24) is 10.6 Å². The van der Waals surface area contributed by atoms with Crippen molar-refractivity contribution in [2.24, 2.45) is 0 Å². The van der Waals surface area contributed by atoms with Crippen molar-refractivity contribution >= 4 is 5.91 Å². The normalized spacial score (nSPS) is 23.2. The van der Waals surface area contributed by atoms with E-state index in [0.29, 0.717) is 19.8 Å². The lowest BCUT2D eigenvalue weighted by molar-refractivity contribution is -0.127. The predicted octanol–water partition coefficient (Wildman–Crippen LogP) is 0.424. The van der Waals surface area contributed by atoms with Crippen LogP contribution in [0.4, 0.5) is 0 Å². The standard InChI is InChI=1S/C13H26N2O3/c1-2-5-13(6-3-8-15-13)12(17)14-7-4-10-18-11-9-16/h15-16H,2-11H2,1H3,(H,14,17). The lowest BCUT2D eigenvalue weighted by atomic mass is 9.91. The summed E-state index contributed by atoms with van der Waals surface area (Å²) in [7, 11) is 0. The minimum atomic E-state index is -0.333. The van der Waals surface area contributed by atoms with E-state index in [2.05, 4.69) is 17.6 Å². The highest BCUT2D eigenvalue weighted by atomic mass is 16.5. The van der Waals surface area contributed by atoms with Gasteiger partial charge in [-0.1, -0.05) is 13.3 Å². The van der Waals surface area contributed by atoms with Gasteiger partial charge in [-0.25, -0.2) is 0 Å². The Morgan fingerprint density at radius 1 is 1.50 bits per heavy atom. The number of carbonyl (C=O) groups excluding carboxylic acids is 1. The molecule has 1 rings (SSSR count). The molecule has 0 aliphatic carbocycles. The van der Waals surface area contributed by atoms with Gasteiger partial charge >= 0.3 is 0 Å². The highest BCUT2D eigenvalue weighted by molar-refractivity contribution is 5.86. The van der Waals surface area contributed by atoms with Gasteiger partial charge in [-0.15, -0.1) is 0 Å². The Hall–Kier alpha value is -0.650. The number of hydrogen-bond acceptors (Lipinski definition) is 4. The average molecular weight is 258 g/mol. The first kappa shape index (κ1) is 15.4. The Kier molecular flexibility index (Phi) is 7.23. The van der Waals surface area contributed by atoms with Crippen molar-refractivity contribution in [2.75, 3.05) is 32.9 Å². The number of aliphatic hydroxyl groups is 1. The third-order valence-corrected chi connectivity index (χ3v) is 3.34. The molecule has 1 amide bonds. The molecule has 1 saturated heterocycles. The van der Waals surface area contributed by atoms with Gasteiger partial charge < -0.3 is 20.5 Å². The second kappa shape index (κ2) is 8.45. The predicted molar refractivity (Wildman–Crippen MR) is 70.4 cm³/mol. The van der Waals surface area contributed by atoms with Crippen LogP contribution in [0, 0.1) is 0 Å². The van der Waals surface area contributed by atoms with E-state index >= 15 is 0 Å². The number of ether oxygens (including phenoxy) is 1. The summed E-state index contributed by atoms with van der Waals surface area (Å²) in [5.41, 5.74) is -0.333. The summed E-state index contributed by atoms with van der Waals surface area (Å²) in [5.74, 6) is 0.129. The summed E-state index contributed by atoms with van der Waals surface area (Å²) in [6.07, 6.45) is 4.72. The lowest BCUT2D eigenvalue weighted by Crippen LogP contribution is -2.53. The molecule has 5 heteroatoms. The molecule has 1 aliphatic rings. The Labute approximate surface area is 109 Å². The summed E-state index contributed by atoms with van der Waals surface area (Å²) in [4.78, 5) is 12.2. The van der Waals surface area contributed by atoms with Crippen LogP contribution in [0.5, 0.6) is 0 Å². The molecule has 0 aromatic rings. The first-order valence-corrected chi connectivity index (χ1v) is 6.97. The van der Waals surface area contributed by atoms with E-state index in [0.717, 1.165) is 38.6 Å². The molecular weight excluding hydrogens is 232 g/mol. The van der Waals surface area contributed by atoms with Crippen LogP contribution in [0.2, 0.25) is 0 Å². The minimum Gasteiger partial charge on any atom is -0.394 e. The van der Waals surface area contributed by atoms with Gasteiger partial charge in [-0.2, -0.15) is 0 Å². The highest BCUT2D eigenvalue weighted by Gasteiger charge is 2.39. The van der Waals surface area contributed by atoms with E-state index in [-0.39, 0.29) is 18.1 Å². The van der Waals surface area contributed by atoms with Crippen LogP contribution in [0.1, 0.15) is 39.0 Å². The summed E-state index contributed by atoms with van der Waals surface area (Å²) in [6.45, 7) is 4.68. The van der Waals surface area contributed by atoms with E-state index in [1.165, 1.54) is 0 Å². The van der Waals surface area contributed by atoms with Crippen LogP contribution in [0.15, 0.2) is 0 Å². The van der Waals surface area contributed by atoms with Crippen LogP contribution >= 0.6 is 0 Å². The zero-order chi connectivity index (χ0) is 13.3. The van der Waals surface area contributed by atoms with Crippen molar-refractivity contribution < 1.29 is 14.6 Å². The zero-order valence-electron chi connectivity index (χ0n) is 11.3. The third-order valence-electron chi connectivity index (χ3n) is 3.34. The van der Waals surface area contributed by atoms with Crippen molar-refractivity contribution in [3.63, 3.8) is 0 Å². The summed E-state index contributed by atoms with van der Waals surface area (Å²) >= 11 is 0. The Morgan fingerprint density at radius 2 is 2.33 bits per heavy atom. The number of nitrogens with one attached hydrogen (secondary N) is 2. The average Bonchev–Trinajstić information content (AvgIpc) is 2.83. The molecular formula is C13H26N2O3. The van der Waals surface area contributed by atoms with Crippen LogP contribution in [-0.4, -0.2) is 49.5 Å². The van der Waals surface area contributed by atoms with Crippen LogP contribution in [0.3, 0.4) is 0 Å². The maximum Gasteiger partial charge on any atom is 0.240 e. The van der Waals surface area contributed by atoms with Gasteiger partial charge in [0.25, 0.3) is 0 Å². The molecule has 0 bridgehead atoms. The third kappa shape index (κ3) is 4.55. The Morgan fingerprint density at radius 3 is 2.94 bits per heavy atom. The number of carbonyl (C=O) groups is 1. The second-order valence-electron chi connectivity index (χ2n) is 4.81. The SMILES string of the molecule is CCCC1(C(=O)NCCCOCCO)CCCN1. The fourth-order valence-electron chi connectivity index (χ4n) is 2.47. The van der Waals surface area contributed by atoms with Crippen LogP contribution < -0.4 is 10.6 Å². The fraction of sp³-hybridized carbons (Fsp3) is 0.923. The molecule has 0 aromatic heterocycles.